The Bertz CT molecular complexity index is 954. The van der Waals surface area contributed by atoms with E-state index < -0.39 is 40.1 Å². The summed E-state index contributed by atoms with van der Waals surface area (Å²) >= 11 is 1.00. The van der Waals surface area contributed by atoms with Crippen molar-refractivity contribution in [3.8, 4) is 0 Å². The second kappa shape index (κ2) is 7.28. The summed E-state index contributed by atoms with van der Waals surface area (Å²) in [7, 11) is 0. The number of fused-ring (bicyclic) bond motifs is 1. The highest BCUT2D eigenvalue weighted by molar-refractivity contribution is 8.00. The molecule has 0 aliphatic heterocycles. The molecule has 136 valence electrons. The van der Waals surface area contributed by atoms with Gasteiger partial charge in [-0.2, -0.15) is 0 Å². The zero-order valence-electron chi connectivity index (χ0n) is 13.2. The fourth-order valence-electron chi connectivity index (χ4n) is 2.18. The molecule has 3 aromatic rings. The molecule has 0 aliphatic rings. The lowest BCUT2D eigenvalue weighted by Gasteiger charge is -2.15. The van der Waals surface area contributed by atoms with Crippen LogP contribution in [0.1, 0.15) is 13.3 Å². The Morgan fingerprint density at radius 3 is 2.54 bits per heavy atom. The predicted molar refractivity (Wildman–Crippen MR) is 86.5 cm³/mol. The number of rotatable bonds is 5. The molecule has 1 aromatic carbocycles. The van der Waals surface area contributed by atoms with Crippen LogP contribution in [0.3, 0.4) is 0 Å². The van der Waals surface area contributed by atoms with E-state index in [1.165, 1.54) is 12.7 Å². The van der Waals surface area contributed by atoms with Crippen molar-refractivity contribution in [3.05, 3.63) is 42.0 Å². The van der Waals surface area contributed by atoms with Crippen molar-refractivity contribution in [2.75, 3.05) is 5.32 Å². The van der Waals surface area contributed by atoms with E-state index in [0.717, 1.165) is 11.8 Å². The fourth-order valence-corrected chi connectivity index (χ4v) is 3.15. The Labute approximate surface area is 148 Å². The standard InChI is InChI=1S/C15H11F4N5OS/c1-2-8(26-15-12-13(21-4-20-12)22-5-23-15)14(25)24-11-9(18)6(16)3-7(17)10(11)19/h3-5,8H,2H2,1H3,(H,24,25)(H,20,21,22,23). The van der Waals surface area contributed by atoms with Gasteiger partial charge in [0.25, 0.3) is 0 Å². The van der Waals surface area contributed by atoms with Gasteiger partial charge >= 0.3 is 0 Å². The molecule has 1 amide bonds. The third-order valence-electron chi connectivity index (χ3n) is 3.47. The van der Waals surface area contributed by atoms with Gasteiger partial charge in [0.15, 0.2) is 28.9 Å². The average Bonchev–Trinajstić information content (AvgIpc) is 3.11. The van der Waals surface area contributed by atoms with Gasteiger partial charge in [-0.05, 0) is 6.42 Å². The molecule has 2 heterocycles. The van der Waals surface area contributed by atoms with E-state index in [-0.39, 0.29) is 12.5 Å². The molecule has 0 spiro atoms. The van der Waals surface area contributed by atoms with Gasteiger partial charge in [-0.15, -0.1) is 0 Å². The topological polar surface area (TPSA) is 83.6 Å². The highest BCUT2D eigenvalue weighted by Crippen LogP contribution is 2.30. The van der Waals surface area contributed by atoms with E-state index in [4.69, 9.17) is 0 Å². The largest absolute Gasteiger partial charge is 0.341 e. The number of amides is 1. The van der Waals surface area contributed by atoms with Crippen LogP contribution in [0.2, 0.25) is 0 Å². The number of nitrogens with zero attached hydrogens (tertiary/aromatic N) is 3. The van der Waals surface area contributed by atoms with Crippen LogP contribution in [-0.4, -0.2) is 31.1 Å². The predicted octanol–water partition coefficient (Wildman–Crippen LogP) is 3.42. The Kier molecular flexibility index (Phi) is 5.07. The third kappa shape index (κ3) is 3.34. The number of benzene rings is 1. The smallest absolute Gasteiger partial charge is 0.238 e. The molecule has 0 fully saturated rings. The molecule has 26 heavy (non-hydrogen) atoms. The lowest BCUT2D eigenvalue weighted by molar-refractivity contribution is -0.115. The molecule has 1 atom stereocenters. The highest BCUT2D eigenvalue weighted by Gasteiger charge is 2.25. The van der Waals surface area contributed by atoms with Crippen LogP contribution in [0.5, 0.6) is 0 Å². The summed E-state index contributed by atoms with van der Waals surface area (Å²) in [5.41, 5.74) is -0.277. The van der Waals surface area contributed by atoms with Crippen LogP contribution < -0.4 is 5.32 Å². The zero-order valence-corrected chi connectivity index (χ0v) is 14.0. The first-order valence-electron chi connectivity index (χ1n) is 7.37. The Hall–Kier alpha value is -2.69. The minimum Gasteiger partial charge on any atom is -0.341 e. The Morgan fingerprint density at radius 2 is 1.88 bits per heavy atom. The fraction of sp³-hybridized carbons (Fsp3) is 0.200. The van der Waals surface area contributed by atoms with Gasteiger partial charge in [0.1, 0.15) is 22.6 Å². The van der Waals surface area contributed by atoms with Crippen molar-refractivity contribution in [3.63, 3.8) is 0 Å². The molecule has 0 radical (unpaired) electrons. The summed E-state index contributed by atoms with van der Waals surface area (Å²) in [6, 6.07) is 0.0717. The zero-order chi connectivity index (χ0) is 18.8. The van der Waals surface area contributed by atoms with Crippen LogP contribution in [0.25, 0.3) is 11.2 Å². The van der Waals surface area contributed by atoms with Crippen LogP contribution in [0.15, 0.2) is 23.7 Å². The Morgan fingerprint density at radius 1 is 1.19 bits per heavy atom. The first-order chi connectivity index (χ1) is 12.4. The van der Waals surface area contributed by atoms with Gasteiger partial charge in [0.05, 0.1) is 11.6 Å². The number of nitrogens with one attached hydrogen (secondary N) is 2. The van der Waals surface area contributed by atoms with E-state index in [9.17, 15) is 22.4 Å². The number of hydrogen-bond acceptors (Lipinski definition) is 5. The lowest BCUT2D eigenvalue weighted by atomic mass is 10.2. The van der Waals surface area contributed by atoms with Crippen molar-refractivity contribution >= 4 is 34.5 Å². The number of carbonyl (C=O) groups is 1. The molecule has 2 aromatic heterocycles. The normalized spacial score (nSPS) is 12.3. The quantitative estimate of drug-likeness (QED) is 0.304. The molecule has 6 nitrogen and oxygen atoms in total. The van der Waals surface area contributed by atoms with Gasteiger partial charge < -0.3 is 10.3 Å². The van der Waals surface area contributed by atoms with Gasteiger partial charge in [-0.1, -0.05) is 18.7 Å². The van der Waals surface area contributed by atoms with Crippen molar-refractivity contribution in [1.82, 2.24) is 19.9 Å². The molecule has 3 rings (SSSR count). The maximum absolute atomic E-state index is 13.7. The molecule has 2 N–H and O–H groups in total. The summed E-state index contributed by atoms with van der Waals surface area (Å²) in [4.78, 5) is 27.2. The second-order valence-corrected chi connectivity index (χ2v) is 6.32. The number of halogens is 4. The van der Waals surface area contributed by atoms with Crippen LogP contribution in [0.4, 0.5) is 23.2 Å². The van der Waals surface area contributed by atoms with Crippen molar-refractivity contribution < 1.29 is 22.4 Å². The van der Waals surface area contributed by atoms with E-state index in [0.29, 0.717) is 16.2 Å². The molecule has 0 saturated carbocycles. The van der Waals surface area contributed by atoms with Crippen LogP contribution in [-0.2, 0) is 4.79 Å². The third-order valence-corrected chi connectivity index (χ3v) is 4.83. The number of imidazole rings is 1. The monoisotopic (exact) mass is 385 g/mol. The summed E-state index contributed by atoms with van der Waals surface area (Å²) in [6.07, 6.45) is 2.93. The van der Waals surface area contributed by atoms with E-state index in [1.54, 1.807) is 6.92 Å². The summed E-state index contributed by atoms with van der Waals surface area (Å²) in [5, 5.41) is 1.49. The SMILES string of the molecule is CCC(Sc1ncnc2nc[nH]c12)C(=O)Nc1c(F)c(F)cc(F)c1F. The number of thioether (sulfide) groups is 1. The van der Waals surface area contributed by atoms with E-state index in [2.05, 4.69) is 19.9 Å². The number of aromatic nitrogens is 4. The average molecular weight is 385 g/mol. The van der Waals surface area contributed by atoms with E-state index in [1.807, 2.05) is 5.32 Å². The first kappa shape index (κ1) is 18.1. The first-order valence-corrected chi connectivity index (χ1v) is 8.25. The molecule has 11 heteroatoms. The molecule has 0 aliphatic carbocycles. The van der Waals surface area contributed by atoms with Gasteiger partial charge in [-0.25, -0.2) is 32.5 Å². The van der Waals surface area contributed by atoms with Crippen molar-refractivity contribution in [1.29, 1.82) is 0 Å². The van der Waals surface area contributed by atoms with Gasteiger partial charge in [0, 0.05) is 6.07 Å². The van der Waals surface area contributed by atoms with Crippen molar-refractivity contribution in [2.45, 2.75) is 23.6 Å². The Balaban J connectivity index is 1.86. The van der Waals surface area contributed by atoms with E-state index >= 15 is 0 Å². The van der Waals surface area contributed by atoms with Crippen molar-refractivity contribution in [2.24, 2.45) is 0 Å². The molecule has 1 unspecified atom stereocenters. The number of hydrogen-bond donors (Lipinski definition) is 2. The maximum Gasteiger partial charge on any atom is 0.238 e. The number of H-pyrrole nitrogens is 1. The minimum absolute atomic E-state index is 0.0717. The second-order valence-electron chi connectivity index (χ2n) is 5.13. The molecular weight excluding hydrogens is 374 g/mol. The summed E-state index contributed by atoms with van der Waals surface area (Å²) in [5.74, 6) is -7.37. The van der Waals surface area contributed by atoms with Gasteiger partial charge in [-0.3, -0.25) is 4.79 Å². The summed E-state index contributed by atoms with van der Waals surface area (Å²) in [6.45, 7) is 1.67. The molecular formula is C15H11F4N5OS. The van der Waals surface area contributed by atoms with Crippen LogP contribution in [0, 0.1) is 23.3 Å². The summed E-state index contributed by atoms with van der Waals surface area (Å²) < 4.78 is 54.0. The number of carbonyl (C=O) groups excluding carboxylic acids is 1. The van der Waals surface area contributed by atoms with Crippen LogP contribution >= 0.6 is 11.8 Å². The maximum atomic E-state index is 13.7. The molecule has 0 bridgehead atoms. The lowest BCUT2D eigenvalue weighted by Crippen LogP contribution is -2.26. The number of anilines is 1. The number of aromatic amines is 1. The highest BCUT2D eigenvalue weighted by atomic mass is 32.2. The minimum atomic E-state index is -1.67. The van der Waals surface area contributed by atoms with Gasteiger partial charge in [0.2, 0.25) is 5.91 Å². The molecule has 0 saturated heterocycles.